The molecule has 2 aromatic carbocycles. The summed E-state index contributed by atoms with van der Waals surface area (Å²) in [7, 11) is 3.39. The van der Waals surface area contributed by atoms with Crippen LogP contribution in [0.1, 0.15) is 37.4 Å². The Morgan fingerprint density at radius 3 is 2.07 bits per heavy atom. The van der Waals surface area contributed by atoms with E-state index in [1.165, 1.54) is 4.90 Å². The number of carbonyl (C=O) groups is 3. The molecule has 0 saturated carbocycles. The Labute approximate surface area is 163 Å². The number of aliphatic carboxylic acids is 1. The molecule has 0 heterocycles. The lowest BCUT2D eigenvalue weighted by Crippen LogP contribution is -2.24. The van der Waals surface area contributed by atoms with Gasteiger partial charge in [0.25, 0.3) is 11.8 Å². The van der Waals surface area contributed by atoms with E-state index in [0.29, 0.717) is 34.5 Å². The Balaban J connectivity index is 2.03. The largest absolute Gasteiger partial charge is 0.481 e. The molecule has 7 nitrogen and oxygen atoms in total. The summed E-state index contributed by atoms with van der Waals surface area (Å²) in [4.78, 5) is 36.5. The second-order valence-electron chi connectivity index (χ2n) is 6.70. The first-order valence-electron chi connectivity index (χ1n) is 8.73. The maximum Gasteiger partial charge on any atom is 0.341 e. The second kappa shape index (κ2) is 9.03. The normalized spacial score (nSPS) is 10.3. The Morgan fingerprint density at radius 1 is 1.00 bits per heavy atom. The highest BCUT2D eigenvalue weighted by atomic mass is 16.5. The quantitative estimate of drug-likeness (QED) is 0.764. The molecule has 0 bridgehead atoms. The number of carbonyl (C=O) groups excluding carboxylic acids is 2. The summed E-state index contributed by atoms with van der Waals surface area (Å²) in [6.45, 7) is 3.42. The Kier molecular flexibility index (Phi) is 6.76. The Morgan fingerprint density at radius 2 is 1.57 bits per heavy atom. The van der Waals surface area contributed by atoms with Crippen molar-refractivity contribution in [2.45, 2.75) is 20.4 Å². The van der Waals surface area contributed by atoms with Gasteiger partial charge in [0.05, 0.1) is 0 Å². The number of benzene rings is 2. The van der Waals surface area contributed by atoms with Crippen molar-refractivity contribution in [1.82, 2.24) is 10.2 Å². The van der Waals surface area contributed by atoms with Crippen LogP contribution in [-0.2, 0) is 11.3 Å². The molecule has 28 heavy (non-hydrogen) atoms. The minimum atomic E-state index is -1.06. The molecule has 0 spiro atoms. The fourth-order valence-electron chi connectivity index (χ4n) is 2.75. The van der Waals surface area contributed by atoms with Gasteiger partial charge in [0.2, 0.25) is 0 Å². The smallest absolute Gasteiger partial charge is 0.341 e. The van der Waals surface area contributed by atoms with Gasteiger partial charge in [-0.15, -0.1) is 0 Å². The molecule has 148 valence electrons. The van der Waals surface area contributed by atoms with Gasteiger partial charge in [0, 0.05) is 31.8 Å². The van der Waals surface area contributed by atoms with Crippen LogP contribution in [0.3, 0.4) is 0 Å². The topological polar surface area (TPSA) is 95.9 Å². The Hall–Kier alpha value is -3.35. The van der Waals surface area contributed by atoms with Gasteiger partial charge in [0.1, 0.15) is 5.75 Å². The highest BCUT2D eigenvalue weighted by Gasteiger charge is 2.13. The van der Waals surface area contributed by atoms with Crippen molar-refractivity contribution in [1.29, 1.82) is 0 Å². The number of hydrogen-bond acceptors (Lipinski definition) is 4. The van der Waals surface area contributed by atoms with E-state index in [9.17, 15) is 14.4 Å². The maximum atomic E-state index is 12.5. The van der Waals surface area contributed by atoms with Crippen LogP contribution in [0.15, 0.2) is 36.4 Å². The summed E-state index contributed by atoms with van der Waals surface area (Å²) >= 11 is 0. The van der Waals surface area contributed by atoms with Gasteiger partial charge in [-0.25, -0.2) is 4.79 Å². The molecule has 2 aromatic rings. The van der Waals surface area contributed by atoms with Crippen molar-refractivity contribution in [3.8, 4) is 5.75 Å². The number of ether oxygens (including phenoxy) is 1. The van der Waals surface area contributed by atoms with E-state index in [0.717, 1.165) is 5.56 Å². The second-order valence-corrected chi connectivity index (χ2v) is 6.70. The highest BCUT2D eigenvalue weighted by Crippen LogP contribution is 2.25. The van der Waals surface area contributed by atoms with E-state index < -0.39 is 12.6 Å². The molecule has 0 atom stereocenters. The van der Waals surface area contributed by atoms with Crippen molar-refractivity contribution in [2.24, 2.45) is 0 Å². The molecule has 0 radical (unpaired) electrons. The first-order chi connectivity index (χ1) is 13.2. The van der Waals surface area contributed by atoms with Gasteiger partial charge < -0.3 is 20.1 Å². The van der Waals surface area contributed by atoms with Crippen LogP contribution in [0.2, 0.25) is 0 Å². The summed E-state index contributed by atoms with van der Waals surface area (Å²) in [5.74, 6) is -0.907. The molecule has 7 heteroatoms. The fourth-order valence-corrected chi connectivity index (χ4v) is 2.75. The summed E-state index contributed by atoms with van der Waals surface area (Å²) in [5.41, 5.74) is 3.31. The van der Waals surface area contributed by atoms with E-state index in [1.807, 2.05) is 0 Å². The molecule has 2 amide bonds. The average Bonchev–Trinajstić information content (AvgIpc) is 2.64. The number of nitrogens with zero attached hydrogens (tertiary/aromatic N) is 1. The van der Waals surface area contributed by atoms with E-state index in [2.05, 4.69) is 5.32 Å². The average molecular weight is 384 g/mol. The van der Waals surface area contributed by atoms with Crippen LogP contribution in [0, 0.1) is 13.8 Å². The molecule has 0 saturated heterocycles. The number of hydrogen-bond donors (Lipinski definition) is 2. The number of carboxylic acid groups (broad SMARTS) is 1. The zero-order valence-electron chi connectivity index (χ0n) is 16.4. The third-order valence-corrected chi connectivity index (χ3v) is 4.12. The summed E-state index contributed by atoms with van der Waals surface area (Å²) in [6.07, 6.45) is 0. The standard InChI is InChI=1S/C21H24N2O5/c1-13-9-17(10-14(2)19(13)28-12-18(24)25)20(26)22-11-15-5-7-16(8-6-15)21(27)23(3)4/h5-10H,11-12H2,1-4H3,(H,22,26)(H,24,25). The molecule has 0 aliphatic rings. The molecule has 2 N–H and O–H groups in total. The van der Waals surface area contributed by atoms with Gasteiger partial charge in [-0.2, -0.15) is 0 Å². The zero-order chi connectivity index (χ0) is 20.8. The van der Waals surface area contributed by atoms with Crippen molar-refractivity contribution >= 4 is 17.8 Å². The van der Waals surface area contributed by atoms with E-state index >= 15 is 0 Å². The number of rotatable bonds is 7. The summed E-state index contributed by atoms with van der Waals surface area (Å²) in [5, 5.41) is 11.6. The van der Waals surface area contributed by atoms with Crippen molar-refractivity contribution in [2.75, 3.05) is 20.7 Å². The fraction of sp³-hybridized carbons (Fsp3) is 0.286. The van der Waals surface area contributed by atoms with Crippen LogP contribution in [0.4, 0.5) is 0 Å². The van der Waals surface area contributed by atoms with Crippen LogP contribution in [0.5, 0.6) is 5.75 Å². The zero-order valence-corrected chi connectivity index (χ0v) is 16.4. The first-order valence-corrected chi connectivity index (χ1v) is 8.73. The van der Waals surface area contributed by atoms with E-state index in [4.69, 9.17) is 9.84 Å². The van der Waals surface area contributed by atoms with Crippen molar-refractivity contribution < 1.29 is 24.2 Å². The van der Waals surface area contributed by atoms with Crippen molar-refractivity contribution in [3.05, 3.63) is 64.2 Å². The third-order valence-electron chi connectivity index (χ3n) is 4.12. The Bertz CT molecular complexity index is 865. The van der Waals surface area contributed by atoms with Gasteiger partial charge in [-0.05, 0) is 54.8 Å². The lowest BCUT2D eigenvalue weighted by atomic mass is 10.0. The molecule has 0 fully saturated rings. The van der Waals surface area contributed by atoms with Gasteiger partial charge in [-0.3, -0.25) is 9.59 Å². The summed E-state index contributed by atoms with van der Waals surface area (Å²) in [6, 6.07) is 10.4. The minimum absolute atomic E-state index is 0.0771. The SMILES string of the molecule is Cc1cc(C(=O)NCc2ccc(C(=O)N(C)C)cc2)cc(C)c1OCC(=O)O. The molecule has 0 aliphatic heterocycles. The van der Waals surface area contributed by atoms with Gasteiger partial charge in [0.15, 0.2) is 6.61 Å². The van der Waals surface area contributed by atoms with Gasteiger partial charge >= 0.3 is 5.97 Å². The predicted octanol–water partition coefficient (Wildman–Crippen LogP) is 2.40. The van der Waals surface area contributed by atoms with Gasteiger partial charge in [-0.1, -0.05) is 12.1 Å². The lowest BCUT2D eigenvalue weighted by Gasteiger charge is -2.13. The van der Waals surface area contributed by atoms with Crippen LogP contribution in [-0.4, -0.2) is 48.5 Å². The lowest BCUT2D eigenvalue weighted by molar-refractivity contribution is -0.139. The molecular weight excluding hydrogens is 360 g/mol. The number of nitrogens with one attached hydrogen (secondary N) is 1. The maximum absolute atomic E-state index is 12.5. The number of carboxylic acids is 1. The van der Waals surface area contributed by atoms with Crippen LogP contribution in [0.25, 0.3) is 0 Å². The first kappa shape index (κ1) is 21.0. The molecule has 0 aromatic heterocycles. The number of aryl methyl sites for hydroxylation is 2. The number of amides is 2. The predicted molar refractivity (Wildman–Crippen MR) is 105 cm³/mol. The monoisotopic (exact) mass is 384 g/mol. The molecule has 0 aliphatic carbocycles. The van der Waals surface area contributed by atoms with Crippen molar-refractivity contribution in [3.63, 3.8) is 0 Å². The van der Waals surface area contributed by atoms with E-state index in [-0.39, 0.29) is 11.8 Å². The third kappa shape index (κ3) is 5.33. The van der Waals surface area contributed by atoms with Crippen LogP contribution >= 0.6 is 0 Å². The molecule has 0 unspecified atom stereocenters. The van der Waals surface area contributed by atoms with E-state index in [1.54, 1.807) is 64.3 Å². The molecule has 2 rings (SSSR count). The van der Waals surface area contributed by atoms with Crippen LogP contribution < -0.4 is 10.1 Å². The highest BCUT2D eigenvalue weighted by molar-refractivity contribution is 5.95. The minimum Gasteiger partial charge on any atom is -0.481 e. The molecular formula is C21H24N2O5. The summed E-state index contributed by atoms with van der Waals surface area (Å²) < 4.78 is 5.28.